The van der Waals surface area contributed by atoms with Crippen LogP contribution in [0.5, 0.6) is 0 Å². The molecule has 1 aromatic rings. The quantitative estimate of drug-likeness (QED) is 0.214. The minimum absolute atomic E-state index is 0.0484. The Morgan fingerprint density at radius 2 is 1.82 bits per heavy atom. The van der Waals surface area contributed by atoms with E-state index in [1.54, 1.807) is 10.9 Å². The van der Waals surface area contributed by atoms with Crippen molar-refractivity contribution in [3.05, 3.63) is 17.7 Å². The molecule has 0 spiro atoms. The largest absolute Gasteiger partial charge is 0.414 e. The van der Waals surface area contributed by atoms with Crippen LogP contribution in [0.25, 0.3) is 0 Å². The number of carbonyl (C=O) groups is 1. The van der Waals surface area contributed by atoms with Gasteiger partial charge in [0.2, 0.25) is 0 Å². The molecule has 1 aliphatic heterocycles. The fourth-order valence-electron chi connectivity index (χ4n) is 3.38. The second-order valence-electron chi connectivity index (χ2n) is 12.2. The summed E-state index contributed by atoms with van der Waals surface area (Å²) in [6, 6.07) is 0. The number of ether oxygens (including phenoxy) is 1. The van der Waals surface area contributed by atoms with Crippen molar-refractivity contribution < 1.29 is 23.6 Å². The topological polar surface area (TPSA) is 121 Å². The first-order chi connectivity index (χ1) is 15.4. The van der Waals surface area contributed by atoms with E-state index < -0.39 is 28.8 Å². The van der Waals surface area contributed by atoms with Crippen molar-refractivity contribution in [3.8, 4) is 0 Å². The molecule has 3 N–H and O–H groups in total. The van der Waals surface area contributed by atoms with Crippen molar-refractivity contribution in [2.45, 2.75) is 109 Å². The summed E-state index contributed by atoms with van der Waals surface area (Å²) in [7, 11) is -4.07. The van der Waals surface area contributed by atoms with Crippen molar-refractivity contribution in [2.75, 3.05) is 6.61 Å². The molecule has 9 nitrogen and oxygen atoms in total. The van der Waals surface area contributed by atoms with E-state index in [4.69, 9.17) is 24.5 Å². The Morgan fingerprint density at radius 1 is 1.24 bits per heavy atom. The van der Waals surface area contributed by atoms with Crippen molar-refractivity contribution in [3.63, 3.8) is 0 Å². The van der Waals surface area contributed by atoms with Crippen LogP contribution < -0.4 is 5.73 Å². The summed E-state index contributed by atoms with van der Waals surface area (Å²) in [5.41, 5.74) is 6.22. The van der Waals surface area contributed by atoms with E-state index in [9.17, 15) is 4.79 Å². The Morgan fingerprint density at radius 3 is 2.32 bits per heavy atom. The van der Waals surface area contributed by atoms with Gasteiger partial charge in [0.25, 0.3) is 5.91 Å². The van der Waals surface area contributed by atoms with Gasteiger partial charge in [-0.2, -0.15) is 0 Å². The molecule has 34 heavy (non-hydrogen) atoms. The van der Waals surface area contributed by atoms with Crippen molar-refractivity contribution in [1.82, 2.24) is 9.55 Å². The predicted molar refractivity (Wildman–Crippen MR) is 138 cm³/mol. The van der Waals surface area contributed by atoms with Gasteiger partial charge in [0, 0.05) is 19.1 Å². The molecule has 1 saturated heterocycles. The van der Waals surface area contributed by atoms with Crippen LogP contribution in [0, 0.1) is 0 Å². The minimum Gasteiger partial charge on any atom is -0.414 e. The van der Waals surface area contributed by atoms with Crippen LogP contribution in [0.2, 0.25) is 36.3 Å². The summed E-state index contributed by atoms with van der Waals surface area (Å²) < 4.78 is 21.6. The third-order valence-corrected chi connectivity index (χ3v) is 16.7. The number of primary amides is 1. The summed E-state index contributed by atoms with van der Waals surface area (Å²) in [5, 5.41) is 12.1. The van der Waals surface area contributed by atoms with Gasteiger partial charge in [0.15, 0.2) is 16.6 Å². The number of nitrogens with two attached hydrogens (primary N) is 1. The van der Waals surface area contributed by atoms with Crippen molar-refractivity contribution in [2.24, 2.45) is 10.9 Å². The van der Waals surface area contributed by atoms with Crippen LogP contribution >= 0.6 is 0 Å². The van der Waals surface area contributed by atoms with E-state index in [2.05, 4.69) is 77.9 Å². The summed E-state index contributed by atoms with van der Waals surface area (Å²) in [6.45, 7) is 22.7. The smallest absolute Gasteiger partial charge is 0.269 e. The Kier molecular flexibility index (Phi) is 8.62. The van der Waals surface area contributed by atoms with Crippen molar-refractivity contribution >= 4 is 28.8 Å². The number of aromatic nitrogens is 2. The highest BCUT2D eigenvalue weighted by molar-refractivity contribution is 6.74. The zero-order valence-corrected chi connectivity index (χ0v) is 24.5. The Balaban J connectivity index is 2.36. The number of nitrogens with zero attached hydrogens (tertiary/aromatic N) is 3. The lowest BCUT2D eigenvalue weighted by Gasteiger charge is -2.40. The molecular formula is C23H44N4O5Si2. The second kappa shape index (κ2) is 10.2. The SMILES string of the molecule is CC(C)(C)[Si](C)(C)OC[C@H]1O[C@@H](n2cnc(C(N)=O)c2C/C=N/O)C[C@@H]1O[Si](C)(C)C(C)(C)C. The molecule has 0 bridgehead atoms. The molecule has 11 heteroatoms. The molecule has 0 aliphatic carbocycles. The third kappa shape index (κ3) is 6.36. The highest BCUT2D eigenvalue weighted by Gasteiger charge is 2.47. The molecule has 1 aliphatic rings. The number of hydrogen-bond acceptors (Lipinski definition) is 7. The number of hydrogen-bond donors (Lipinski definition) is 2. The van der Waals surface area contributed by atoms with Crippen LogP contribution in [0.4, 0.5) is 0 Å². The fourth-order valence-corrected chi connectivity index (χ4v) is 5.75. The van der Waals surface area contributed by atoms with E-state index in [1.807, 2.05) is 0 Å². The Hall–Kier alpha value is -1.54. The molecule has 0 saturated carbocycles. The van der Waals surface area contributed by atoms with Gasteiger partial charge in [-0.15, -0.1) is 5.16 Å². The lowest BCUT2D eigenvalue weighted by Crippen LogP contribution is -2.48. The number of carbonyl (C=O) groups excluding carboxylic acids is 1. The maximum absolute atomic E-state index is 11.9. The number of rotatable bonds is 9. The van der Waals surface area contributed by atoms with Gasteiger partial charge in [-0.1, -0.05) is 41.5 Å². The lowest BCUT2D eigenvalue weighted by atomic mass is 10.2. The van der Waals surface area contributed by atoms with Crippen molar-refractivity contribution in [1.29, 1.82) is 0 Å². The number of amides is 1. The highest BCUT2D eigenvalue weighted by atomic mass is 28.4. The van der Waals surface area contributed by atoms with E-state index in [1.165, 1.54) is 6.21 Å². The van der Waals surface area contributed by atoms with Gasteiger partial charge in [0.1, 0.15) is 18.0 Å². The predicted octanol–water partition coefficient (Wildman–Crippen LogP) is 4.68. The minimum atomic E-state index is -2.08. The summed E-state index contributed by atoms with van der Waals surface area (Å²) >= 11 is 0. The summed E-state index contributed by atoms with van der Waals surface area (Å²) in [4.78, 5) is 16.1. The molecule has 1 fully saturated rings. The monoisotopic (exact) mass is 512 g/mol. The van der Waals surface area contributed by atoms with Crippen LogP contribution in [0.1, 0.15) is 70.4 Å². The zero-order valence-electron chi connectivity index (χ0n) is 22.5. The molecule has 1 aromatic heterocycles. The lowest BCUT2D eigenvalue weighted by molar-refractivity contribution is -0.0402. The van der Waals surface area contributed by atoms with Gasteiger partial charge in [0.05, 0.1) is 24.7 Å². The Bertz CT molecular complexity index is 887. The average molecular weight is 513 g/mol. The number of oxime groups is 1. The third-order valence-electron chi connectivity index (χ3n) is 7.65. The van der Waals surface area contributed by atoms with Crippen LogP contribution in [-0.2, 0) is 20.0 Å². The Labute approximate surface area is 206 Å². The molecule has 3 atom stereocenters. The van der Waals surface area contributed by atoms with E-state index in [0.717, 1.165) is 0 Å². The zero-order chi connectivity index (χ0) is 26.1. The maximum atomic E-state index is 11.9. The molecular weight excluding hydrogens is 468 g/mol. The molecule has 0 aromatic carbocycles. The molecule has 2 heterocycles. The van der Waals surface area contributed by atoms with E-state index in [-0.39, 0.29) is 34.4 Å². The maximum Gasteiger partial charge on any atom is 0.269 e. The van der Waals surface area contributed by atoms with Crippen LogP contribution in [-0.4, -0.2) is 62.3 Å². The molecule has 1 amide bonds. The fraction of sp³-hybridized carbons (Fsp3) is 0.783. The van der Waals surface area contributed by atoms with Gasteiger partial charge in [-0.05, 0) is 36.3 Å². The van der Waals surface area contributed by atoms with Gasteiger partial charge in [-0.3, -0.25) is 4.79 Å². The standard InChI is InChI=1S/C23H44N4O5Si2/c1-22(2,3)33(7,8)30-14-18-17(32-34(9,10)23(4,5)6)13-19(31-18)27-15-25-20(21(24)28)16(27)11-12-26-29/h12,15,17-19,29H,11,13-14H2,1-10H3,(H2,24,28)/b26-12+/t17-,18+,19+/m0/s1. The van der Waals surface area contributed by atoms with Crippen LogP contribution in [0.3, 0.4) is 0 Å². The first-order valence-corrected chi connectivity index (χ1v) is 17.7. The highest BCUT2D eigenvalue weighted by Crippen LogP contribution is 2.42. The van der Waals surface area contributed by atoms with E-state index >= 15 is 0 Å². The molecule has 194 valence electrons. The van der Waals surface area contributed by atoms with Gasteiger partial charge >= 0.3 is 0 Å². The van der Waals surface area contributed by atoms with E-state index in [0.29, 0.717) is 18.7 Å². The average Bonchev–Trinajstić information content (AvgIpc) is 3.26. The number of imidazole rings is 1. The molecule has 0 radical (unpaired) electrons. The summed E-state index contributed by atoms with van der Waals surface area (Å²) in [5.74, 6) is -0.634. The first kappa shape index (κ1) is 28.7. The molecule has 0 unspecified atom stereocenters. The first-order valence-electron chi connectivity index (χ1n) is 11.9. The van der Waals surface area contributed by atoms with Crippen LogP contribution in [0.15, 0.2) is 11.5 Å². The summed E-state index contributed by atoms with van der Waals surface area (Å²) in [6.07, 6.45) is 2.85. The normalized spacial score (nSPS) is 22.6. The van der Waals surface area contributed by atoms with Gasteiger partial charge in [-0.25, -0.2) is 4.98 Å². The second-order valence-corrected chi connectivity index (χ2v) is 21.7. The van der Waals surface area contributed by atoms with Gasteiger partial charge < -0.3 is 29.1 Å². The molecule has 2 rings (SSSR count).